The van der Waals surface area contributed by atoms with E-state index >= 15 is 0 Å². The smallest absolute Gasteiger partial charge is 0.409 e. The highest BCUT2D eigenvalue weighted by molar-refractivity contribution is 5.67. The van der Waals surface area contributed by atoms with Crippen LogP contribution in [0.4, 0.5) is 9.59 Å². The van der Waals surface area contributed by atoms with E-state index in [2.05, 4.69) is 17.2 Å². The Hall–Kier alpha value is -2.35. The summed E-state index contributed by atoms with van der Waals surface area (Å²) in [4.78, 5) is 30.4. The summed E-state index contributed by atoms with van der Waals surface area (Å²) in [6, 6.07) is 5.60. The highest BCUT2D eigenvalue weighted by atomic mass is 16.6. The number of amides is 2. The maximum atomic E-state index is 12.5. The number of alkyl carbamates (subject to hydrolysis) is 1. The van der Waals surface area contributed by atoms with Gasteiger partial charge in [-0.15, -0.1) is 0 Å². The number of hydrogen-bond donors (Lipinski definition) is 1. The molecule has 1 saturated heterocycles. The van der Waals surface area contributed by atoms with Crippen LogP contribution in [0.25, 0.3) is 0 Å². The summed E-state index contributed by atoms with van der Waals surface area (Å²) in [5.41, 5.74) is -0.431. The second kappa shape index (κ2) is 21.4. The van der Waals surface area contributed by atoms with E-state index in [1.165, 1.54) is 94.8 Å². The predicted octanol–water partition coefficient (Wildman–Crippen LogP) is 8.97. The van der Waals surface area contributed by atoms with Crippen LogP contribution in [0.5, 0.6) is 0 Å². The molecule has 0 aliphatic carbocycles. The van der Waals surface area contributed by atoms with Gasteiger partial charge in [-0.05, 0) is 45.2 Å². The summed E-state index contributed by atoms with van der Waals surface area (Å²) in [5.74, 6) is 0. The highest BCUT2D eigenvalue weighted by Crippen LogP contribution is 2.38. The third kappa shape index (κ3) is 16.9. The molecule has 0 bridgehead atoms. The van der Waals surface area contributed by atoms with Crippen molar-refractivity contribution in [3.05, 3.63) is 30.1 Å². The second-order valence-electron chi connectivity index (χ2n) is 13.0. The number of pyridine rings is 1. The Morgan fingerprint density at radius 2 is 1.33 bits per heavy atom. The molecule has 0 aromatic carbocycles. The summed E-state index contributed by atoms with van der Waals surface area (Å²) in [6.45, 7) is 7.46. The van der Waals surface area contributed by atoms with Crippen molar-refractivity contribution >= 4 is 12.2 Å². The van der Waals surface area contributed by atoms with E-state index < -0.39 is 23.4 Å². The molecule has 0 saturated carbocycles. The molecule has 2 atom stereocenters. The Labute approximate surface area is 262 Å². The van der Waals surface area contributed by atoms with Crippen LogP contribution in [0.1, 0.15) is 142 Å². The summed E-state index contributed by atoms with van der Waals surface area (Å²) < 4.78 is 17.3. The van der Waals surface area contributed by atoms with Crippen LogP contribution < -0.4 is 5.32 Å². The van der Waals surface area contributed by atoms with E-state index in [4.69, 9.17) is 14.2 Å². The van der Waals surface area contributed by atoms with Crippen LogP contribution in [0.3, 0.4) is 0 Å². The molecule has 2 amide bonds. The van der Waals surface area contributed by atoms with Crippen molar-refractivity contribution in [2.45, 2.75) is 154 Å². The lowest BCUT2D eigenvalue weighted by atomic mass is 9.99. The quantitative estimate of drug-likeness (QED) is 0.126. The Morgan fingerprint density at radius 3 is 1.84 bits per heavy atom. The van der Waals surface area contributed by atoms with Crippen molar-refractivity contribution in [2.24, 2.45) is 0 Å². The van der Waals surface area contributed by atoms with Crippen molar-refractivity contribution in [3.63, 3.8) is 0 Å². The fraction of sp³-hybridized carbons (Fsp3) is 0.800. The lowest BCUT2D eigenvalue weighted by Gasteiger charge is -2.30. The summed E-state index contributed by atoms with van der Waals surface area (Å²) in [5, 5.41) is 2.87. The van der Waals surface area contributed by atoms with Gasteiger partial charge in [-0.1, -0.05) is 109 Å². The third-order valence-electron chi connectivity index (χ3n) is 8.42. The Kier molecular flexibility index (Phi) is 18.3. The first-order valence-corrected chi connectivity index (χ1v) is 17.1. The van der Waals surface area contributed by atoms with Gasteiger partial charge in [0.15, 0.2) is 0 Å². The van der Waals surface area contributed by atoms with Crippen molar-refractivity contribution in [2.75, 3.05) is 26.8 Å². The minimum atomic E-state index is -0.621. The van der Waals surface area contributed by atoms with Crippen LogP contribution in [0.2, 0.25) is 0 Å². The molecule has 2 rings (SSSR count). The predicted molar refractivity (Wildman–Crippen MR) is 173 cm³/mol. The number of carbonyl (C=O) groups is 2. The average molecular weight is 604 g/mol. The van der Waals surface area contributed by atoms with Crippen LogP contribution in [-0.2, 0) is 20.8 Å². The van der Waals surface area contributed by atoms with Gasteiger partial charge < -0.3 is 24.4 Å². The van der Waals surface area contributed by atoms with Gasteiger partial charge in [0.2, 0.25) is 0 Å². The largest absolute Gasteiger partial charge is 0.447 e. The van der Waals surface area contributed by atoms with E-state index in [0.717, 1.165) is 25.0 Å². The molecule has 1 fully saturated rings. The number of carbonyl (C=O) groups excluding carboxylic acids is 2. The number of unbranched alkanes of at least 4 members (excludes halogenated alkanes) is 15. The van der Waals surface area contributed by atoms with Crippen LogP contribution in [-0.4, -0.2) is 60.1 Å². The molecule has 2 heterocycles. The zero-order valence-corrected chi connectivity index (χ0v) is 27.8. The lowest BCUT2D eigenvalue weighted by Crippen LogP contribution is -2.41. The molecule has 1 aliphatic heterocycles. The molecule has 1 aromatic rings. The van der Waals surface area contributed by atoms with E-state index in [-0.39, 0.29) is 13.2 Å². The van der Waals surface area contributed by atoms with Crippen LogP contribution >= 0.6 is 0 Å². The minimum absolute atomic E-state index is 0.138. The summed E-state index contributed by atoms with van der Waals surface area (Å²) >= 11 is 0. The van der Waals surface area contributed by atoms with E-state index in [9.17, 15) is 9.59 Å². The molecule has 1 N–H and O–H groups in total. The summed E-state index contributed by atoms with van der Waals surface area (Å²) in [7, 11) is 1.69. The normalized spacial score (nSPS) is 19.7. The molecule has 8 heteroatoms. The molecule has 0 spiro atoms. The van der Waals surface area contributed by atoms with Gasteiger partial charge in [0.1, 0.15) is 24.4 Å². The van der Waals surface area contributed by atoms with Gasteiger partial charge in [0.25, 0.3) is 0 Å². The van der Waals surface area contributed by atoms with Crippen LogP contribution in [0, 0.1) is 0 Å². The first-order valence-electron chi connectivity index (χ1n) is 17.1. The fourth-order valence-corrected chi connectivity index (χ4v) is 5.69. The number of aromatic nitrogens is 1. The van der Waals surface area contributed by atoms with Crippen molar-refractivity contribution in [1.82, 2.24) is 15.2 Å². The first kappa shape index (κ1) is 36.8. The SMILES string of the molecule is CCCCCCCCCCCCCCCCCCNC(=O)OCC1(C)CCC(C)(COC(=O)N(C)Cc2ccccn2)O1. The van der Waals surface area contributed by atoms with E-state index in [1.807, 2.05) is 32.0 Å². The molecule has 0 radical (unpaired) electrons. The minimum Gasteiger partial charge on any atom is -0.447 e. The number of nitrogens with one attached hydrogen (secondary N) is 1. The first-order chi connectivity index (χ1) is 20.8. The third-order valence-corrected chi connectivity index (χ3v) is 8.42. The molecular weight excluding hydrogens is 542 g/mol. The number of rotatable bonds is 23. The van der Waals surface area contributed by atoms with Gasteiger partial charge in [-0.2, -0.15) is 0 Å². The van der Waals surface area contributed by atoms with Gasteiger partial charge in [0.05, 0.1) is 12.2 Å². The number of ether oxygens (including phenoxy) is 3. The lowest BCUT2D eigenvalue weighted by molar-refractivity contribution is -0.127. The zero-order valence-electron chi connectivity index (χ0n) is 27.8. The molecule has 246 valence electrons. The molecule has 1 aliphatic rings. The number of nitrogens with zero attached hydrogens (tertiary/aromatic N) is 2. The average Bonchev–Trinajstić information content (AvgIpc) is 3.31. The summed E-state index contributed by atoms with van der Waals surface area (Å²) in [6.07, 6.45) is 23.6. The topological polar surface area (TPSA) is 90.0 Å². The fourth-order valence-electron chi connectivity index (χ4n) is 5.69. The molecule has 1 aromatic heterocycles. The van der Waals surface area contributed by atoms with Gasteiger partial charge in [-0.25, -0.2) is 9.59 Å². The molecule has 2 unspecified atom stereocenters. The Morgan fingerprint density at radius 1 is 0.814 bits per heavy atom. The maximum Gasteiger partial charge on any atom is 0.409 e. The van der Waals surface area contributed by atoms with Crippen molar-refractivity contribution in [3.8, 4) is 0 Å². The second-order valence-corrected chi connectivity index (χ2v) is 13.0. The van der Waals surface area contributed by atoms with Crippen LogP contribution in [0.15, 0.2) is 24.4 Å². The zero-order chi connectivity index (χ0) is 31.2. The van der Waals surface area contributed by atoms with Crippen molar-refractivity contribution < 1.29 is 23.8 Å². The van der Waals surface area contributed by atoms with Gasteiger partial charge >= 0.3 is 12.2 Å². The maximum absolute atomic E-state index is 12.5. The Balaban J connectivity index is 1.43. The highest BCUT2D eigenvalue weighted by Gasteiger charge is 2.45. The van der Waals surface area contributed by atoms with Gasteiger partial charge in [0, 0.05) is 19.8 Å². The number of hydrogen-bond acceptors (Lipinski definition) is 6. The van der Waals surface area contributed by atoms with Gasteiger partial charge in [-0.3, -0.25) is 4.98 Å². The van der Waals surface area contributed by atoms with E-state index in [1.54, 1.807) is 13.2 Å². The molecule has 8 nitrogen and oxygen atoms in total. The van der Waals surface area contributed by atoms with Crippen molar-refractivity contribution in [1.29, 1.82) is 0 Å². The van der Waals surface area contributed by atoms with E-state index in [0.29, 0.717) is 19.5 Å². The Bertz CT molecular complexity index is 885. The molecule has 43 heavy (non-hydrogen) atoms. The monoisotopic (exact) mass is 603 g/mol. The standard InChI is InChI=1S/C35H61N3O5/c1-5-6-7-8-9-10-11-12-13-14-15-16-17-18-19-21-27-37-32(39)41-29-34(2)24-25-35(3,43-34)30-42-33(40)38(4)28-31-23-20-22-26-36-31/h20,22-23,26H,5-19,21,24-25,27-30H2,1-4H3,(H,37,39). The molecular formula is C35H61N3O5.